The minimum atomic E-state index is 0.0582. The summed E-state index contributed by atoms with van der Waals surface area (Å²) in [5.74, 6) is 0.375. The van der Waals surface area contributed by atoms with E-state index in [1.165, 1.54) is 11.1 Å². The molecule has 2 unspecified atom stereocenters. The highest BCUT2D eigenvalue weighted by Crippen LogP contribution is 2.45. The Labute approximate surface area is 108 Å². The van der Waals surface area contributed by atoms with E-state index in [4.69, 9.17) is 0 Å². The first-order chi connectivity index (χ1) is 8.09. The van der Waals surface area contributed by atoms with Crippen LogP contribution in [0.15, 0.2) is 60.7 Å². The maximum Gasteiger partial charge on any atom is 0.0212 e. The van der Waals surface area contributed by atoms with Gasteiger partial charge in [0.15, 0.2) is 0 Å². The van der Waals surface area contributed by atoms with Crippen LogP contribution >= 0.6 is 18.5 Å². The fourth-order valence-corrected chi connectivity index (χ4v) is 2.97. The Bertz CT molecular complexity index is 418. The lowest BCUT2D eigenvalue weighted by atomic mass is 9.88. The van der Waals surface area contributed by atoms with Crippen molar-refractivity contribution < 1.29 is 0 Å². The van der Waals surface area contributed by atoms with Crippen molar-refractivity contribution in [1.29, 1.82) is 0 Å². The molecule has 0 aliphatic rings. The van der Waals surface area contributed by atoms with E-state index in [0.29, 0.717) is 5.92 Å². The van der Waals surface area contributed by atoms with E-state index in [1.807, 2.05) is 0 Å². The Hall–Kier alpha value is -0.700. The van der Waals surface area contributed by atoms with Gasteiger partial charge in [-0.15, -0.1) is 18.5 Å². The van der Waals surface area contributed by atoms with Gasteiger partial charge in [0.2, 0.25) is 0 Å². The lowest BCUT2D eigenvalue weighted by molar-refractivity contribution is 0.748. The quantitative estimate of drug-likeness (QED) is 0.722. The zero-order chi connectivity index (χ0) is 12.3. The lowest BCUT2D eigenvalue weighted by Gasteiger charge is -2.31. The minimum absolute atomic E-state index is 0.0582. The van der Waals surface area contributed by atoms with Gasteiger partial charge in [0.05, 0.1) is 0 Å². The standard InChI is InChI=1S/C15H18P2/c1-15(16,17)14(12-8-4-2-5-9-12)13-10-6-3-7-11-13/h2-11,14H,16-17H2,1H3. The number of hydrogen-bond donors (Lipinski definition) is 0. The highest BCUT2D eigenvalue weighted by atomic mass is 31.1. The van der Waals surface area contributed by atoms with Crippen molar-refractivity contribution in [2.75, 3.05) is 0 Å². The van der Waals surface area contributed by atoms with Gasteiger partial charge in [0.25, 0.3) is 0 Å². The van der Waals surface area contributed by atoms with E-state index in [9.17, 15) is 0 Å². The summed E-state index contributed by atoms with van der Waals surface area (Å²) in [5, 5.41) is 0. The van der Waals surface area contributed by atoms with E-state index >= 15 is 0 Å². The van der Waals surface area contributed by atoms with E-state index in [1.54, 1.807) is 0 Å². The van der Waals surface area contributed by atoms with Crippen LogP contribution in [0.5, 0.6) is 0 Å². The molecule has 2 atom stereocenters. The molecule has 0 aliphatic heterocycles. The molecule has 2 heteroatoms. The fraction of sp³-hybridized carbons (Fsp3) is 0.200. The molecule has 0 bridgehead atoms. The largest absolute Gasteiger partial charge is 0.126 e. The molecule has 0 spiro atoms. The van der Waals surface area contributed by atoms with Gasteiger partial charge in [-0.2, -0.15) is 0 Å². The van der Waals surface area contributed by atoms with Crippen LogP contribution < -0.4 is 0 Å². The second-order valence-corrected chi connectivity index (χ2v) is 7.78. The molecule has 2 aromatic rings. The van der Waals surface area contributed by atoms with Gasteiger partial charge in [-0.3, -0.25) is 0 Å². The molecule has 0 nitrogen and oxygen atoms in total. The van der Waals surface area contributed by atoms with Crippen LogP contribution in [0.3, 0.4) is 0 Å². The van der Waals surface area contributed by atoms with Gasteiger partial charge in [0, 0.05) is 10.8 Å². The van der Waals surface area contributed by atoms with Gasteiger partial charge in [0.1, 0.15) is 0 Å². The molecule has 2 aromatic carbocycles. The van der Waals surface area contributed by atoms with Crippen LogP contribution in [0.25, 0.3) is 0 Å². The van der Waals surface area contributed by atoms with Crippen LogP contribution in [0, 0.1) is 0 Å². The third-order valence-electron chi connectivity index (χ3n) is 2.89. The summed E-state index contributed by atoms with van der Waals surface area (Å²) in [7, 11) is 5.88. The molecule has 17 heavy (non-hydrogen) atoms. The first kappa shape index (κ1) is 12.7. The van der Waals surface area contributed by atoms with Gasteiger partial charge < -0.3 is 0 Å². The summed E-state index contributed by atoms with van der Waals surface area (Å²) < 4.78 is 0. The average Bonchev–Trinajstić information content (AvgIpc) is 2.30. The SMILES string of the molecule is CC(P)(P)C(c1ccccc1)c1ccccc1. The van der Waals surface area contributed by atoms with Crippen LogP contribution in [-0.2, 0) is 0 Å². The van der Waals surface area contributed by atoms with E-state index < -0.39 is 0 Å². The van der Waals surface area contributed by atoms with Gasteiger partial charge >= 0.3 is 0 Å². The molecule has 0 amide bonds. The van der Waals surface area contributed by atoms with Crippen molar-refractivity contribution in [3.63, 3.8) is 0 Å². The van der Waals surface area contributed by atoms with Gasteiger partial charge in [-0.05, 0) is 11.1 Å². The topological polar surface area (TPSA) is 0 Å². The summed E-state index contributed by atoms with van der Waals surface area (Å²) >= 11 is 0. The maximum absolute atomic E-state index is 2.94. The molecule has 0 saturated heterocycles. The predicted molar refractivity (Wildman–Crippen MR) is 82.6 cm³/mol. The van der Waals surface area contributed by atoms with E-state index in [0.717, 1.165) is 0 Å². The Kier molecular flexibility index (Phi) is 3.97. The molecule has 0 saturated carbocycles. The molecule has 0 aliphatic carbocycles. The van der Waals surface area contributed by atoms with Crippen LogP contribution in [0.1, 0.15) is 24.0 Å². The highest BCUT2D eigenvalue weighted by molar-refractivity contribution is 7.40. The summed E-state index contributed by atoms with van der Waals surface area (Å²) in [6.07, 6.45) is 0. The van der Waals surface area contributed by atoms with Crippen LogP contribution in [-0.4, -0.2) is 4.90 Å². The second kappa shape index (κ2) is 5.30. The van der Waals surface area contributed by atoms with Crippen molar-refractivity contribution in [2.45, 2.75) is 17.7 Å². The van der Waals surface area contributed by atoms with Gasteiger partial charge in [-0.1, -0.05) is 67.6 Å². The molecule has 2 rings (SSSR count). The summed E-state index contributed by atoms with van der Waals surface area (Å²) in [6, 6.07) is 21.3. The molecule has 88 valence electrons. The molecular formula is C15H18P2. The summed E-state index contributed by atoms with van der Waals surface area (Å²) in [4.78, 5) is 0.0582. The third kappa shape index (κ3) is 3.15. The molecule has 0 radical (unpaired) electrons. The average molecular weight is 260 g/mol. The second-order valence-electron chi connectivity index (χ2n) is 4.62. The molecular weight excluding hydrogens is 242 g/mol. The van der Waals surface area contributed by atoms with Crippen molar-refractivity contribution in [1.82, 2.24) is 0 Å². The number of hydrogen-bond acceptors (Lipinski definition) is 0. The Balaban J connectivity index is 2.48. The number of benzene rings is 2. The van der Waals surface area contributed by atoms with Crippen molar-refractivity contribution in [2.24, 2.45) is 0 Å². The molecule has 0 aromatic heterocycles. The molecule has 0 fully saturated rings. The zero-order valence-corrected chi connectivity index (χ0v) is 12.3. The zero-order valence-electron chi connectivity index (χ0n) is 10.0. The lowest BCUT2D eigenvalue weighted by Crippen LogP contribution is -2.19. The first-order valence-corrected chi connectivity index (χ1v) is 6.92. The molecule has 0 N–H and O–H groups in total. The first-order valence-electron chi connectivity index (χ1n) is 5.76. The summed E-state index contributed by atoms with van der Waals surface area (Å²) in [5.41, 5.74) is 2.71. The van der Waals surface area contributed by atoms with Crippen molar-refractivity contribution in [3.05, 3.63) is 71.8 Å². The van der Waals surface area contributed by atoms with E-state index in [-0.39, 0.29) is 4.90 Å². The number of rotatable bonds is 3. The smallest absolute Gasteiger partial charge is 0.0212 e. The monoisotopic (exact) mass is 260 g/mol. The van der Waals surface area contributed by atoms with Crippen molar-refractivity contribution in [3.8, 4) is 0 Å². The van der Waals surface area contributed by atoms with Crippen molar-refractivity contribution >= 4 is 18.5 Å². The Morgan fingerprint density at radius 1 is 0.765 bits per heavy atom. The maximum atomic E-state index is 2.94. The third-order valence-corrected chi connectivity index (χ3v) is 3.55. The minimum Gasteiger partial charge on any atom is -0.126 e. The highest BCUT2D eigenvalue weighted by Gasteiger charge is 2.27. The summed E-state index contributed by atoms with van der Waals surface area (Å²) in [6.45, 7) is 2.23. The Morgan fingerprint density at radius 3 is 1.41 bits per heavy atom. The predicted octanol–water partition coefficient (Wildman–Crippen LogP) is 4.28. The van der Waals surface area contributed by atoms with Gasteiger partial charge in [-0.25, -0.2) is 0 Å². The fourth-order valence-electron chi connectivity index (χ4n) is 2.20. The van der Waals surface area contributed by atoms with Crippen LogP contribution in [0.2, 0.25) is 0 Å². The normalized spacial score (nSPS) is 11.8. The Morgan fingerprint density at radius 2 is 1.12 bits per heavy atom. The van der Waals surface area contributed by atoms with E-state index in [2.05, 4.69) is 86.1 Å². The molecule has 0 heterocycles. The van der Waals surface area contributed by atoms with Crippen LogP contribution in [0.4, 0.5) is 0 Å².